The SMILES string of the molecule is COc1cc(NC(=O)N2CCc3c(sc4nc(-c5ccc(Cl)cc5)nn34)C2)cc(OC)c1. The van der Waals surface area contributed by atoms with Gasteiger partial charge in [-0.3, -0.25) is 0 Å². The second-order valence-electron chi connectivity index (χ2n) is 7.31. The molecular weight excluding hydrogens is 450 g/mol. The second kappa shape index (κ2) is 8.33. The van der Waals surface area contributed by atoms with E-state index in [2.05, 4.69) is 15.4 Å². The first kappa shape index (κ1) is 20.6. The third-order valence-corrected chi connectivity index (χ3v) is 6.62. The second-order valence-corrected chi connectivity index (χ2v) is 8.81. The van der Waals surface area contributed by atoms with Crippen LogP contribution in [-0.4, -0.2) is 46.3 Å². The van der Waals surface area contributed by atoms with E-state index < -0.39 is 0 Å². The molecule has 8 nitrogen and oxygen atoms in total. The fourth-order valence-electron chi connectivity index (χ4n) is 3.67. The van der Waals surface area contributed by atoms with Gasteiger partial charge in [-0.2, -0.15) is 4.98 Å². The molecule has 32 heavy (non-hydrogen) atoms. The van der Waals surface area contributed by atoms with Gasteiger partial charge in [0.25, 0.3) is 0 Å². The Kier molecular flexibility index (Phi) is 5.36. The number of thiazole rings is 1. The van der Waals surface area contributed by atoms with Crippen molar-refractivity contribution in [2.75, 3.05) is 26.1 Å². The van der Waals surface area contributed by atoms with E-state index in [1.807, 2.05) is 28.8 Å². The van der Waals surface area contributed by atoms with Crippen molar-refractivity contribution in [2.24, 2.45) is 0 Å². The molecule has 0 saturated carbocycles. The molecule has 0 saturated heterocycles. The number of carbonyl (C=O) groups excluding carboxylic acids is 1. The number of halogens is 1. The van der Waals surface area contributed by atoms with Crippen LogP contribution in [0.15, 0.2) is 42.5 Å². The topological polar surface area (TPSA) is 81.0 Å². The van der Waals surface area contributed by atoms with E-state index >= 15 is 0 Å². The van der Waals surface area contributed by atoms with E-state index in [1.165, 1.54) is 0 Å². The predicted molar refractivity (Wildman–Crippen MR) is 124 cm³/mol. The molecule has 0 atom stereocenters. The standard InChI is InChI=1S/C22H20ClN5O3S/c1-30-16-9-15(10-17(11-16)31-2)24-21(29)27-8-7-18-19(12-27)32-22-25-20(26-28(18)22)13-3-5-14(23)6-4-13/h3-6,9-11H,7-8,12H2,1-2H3,(H,24,29). The molecule has 0 aliphatic carbocycles. The third-order valence-electron chi connectivity index (χ3n) is 5.31. The average molecular weight is 470 g/mol. The molecule has 3 heterocycles. The summed E-state index contributed by atoms with van der Waals surface area (Å²) in [5.41, 5.74) is 2.64. The number of ether oxygens (including phenoxy) is 2. The van der Waals surface area contributed by atoms with Crippen molar-refractivity contribution in [2.45, 2.75) is 13.0 Å². The number of amides is 2. The minimum atomic E-state index is -0.174. The molecule has 1 aliphatic heterocycles. The van der Waals surface area contributed by atoms with E-state index in [1.54, 1.807) is 48.7 Å². The van der Waals surface area contributed by atoms with Crippen molar-refractivity contribution in [3.63, 3.8) is 0 Å². The number of rotatable bonds is 4. The van der Waals surface area contributed by atoms with Gasteiger partial charge in [0.15, 0.2) is 5.82 Å². The van der Waals surface area contributed by atoms with Crippen LogP contribution in [0.1, 0.15) is 10.6 Å². The zero-order valence-corrected chi connectivity index (χ0v) is 19.0. The number of nitrogens with zero attached hydrogens (tertiary/aromatic N) is 4. The van der Waals surface area contributed by atoms with Crippen LogP contribution in [0.3, 0.4) is 0 Å². The summed E-state index contributed by atoms with van der Waals surface area (Å²) < 4.78 is 12.4. The number of fused-ring (bicyclic) bond motifs is 3. The lowest BCUT2D eigenvalue weighted by atomic mass is 10.2. The number of anilines is 1. The number of urea groups is 1. The summed E-state index contributed by atoms with van der Waals surface area (Å²) in [5.74, 6) is 1.90. The van der Waals surface area contributed by atoms with Gasteiger partial charge in [-0.1, -0.05) is 22.9 Å². The summed E-state index contributed by atoms with van der Waals surface area (Å²) in [7, 11) is 3.15. The number of nitrogens with one attached hydrogen (secondary N) is 1. The van der Waals surface area contributed by atoms with Gasteiger partial charge in [0, 0.05) is 52.3 Å². The molecule has 0 unspecified atom stereocenters. The van der Waals surface area contributed by atoms with Gasteiger partial charge < -0.3 is 19.7 Å². The maximum absolute atomic E-state index is 12.9. The molecule has 10 heteroatoms. The summed E-state index contributed by atoms with van der Waals surface area (Å²) in [6, 6.07) is 12.6. The summed E-state index contributed by atoms with van der Waals surface area (Å²) in [4.78, 5) is 21.3. The normalized spacial score (nSPS) is 13.2. The largest absolute Gasteiger partial charge is 0.497 e. The Morgan fingerprint density at radius 3 is 2.53 bits per heavy atom. The highest BCUT2D eigenvalue weighted by Crippen LogP contribution is 2.31. The fourth-order valence-corrected chi connectivity index (χ4v) is 4.91. The van der Waals surface area contributed by atoms with Crippen LogP contribution in [-0.2, 0) is 13.0 Å². The van der Waals surface area contributed by atoms with Crippen molar-refractivity contribution in [3.8, 4) is 22.9 Å². The molecule has 2 aromatic heterocycles. The van der Waals surface area contributed by atoms with Crippen LogP contribution in [0.25, 0.3) is 16.3 Å². The van der Waals surface area contributed by atoms with Crippen molar-refractivity contribution in [1.82, 2.24) is 19.5 Å². The van der Waals surface area contributed by atoms with Crippen LogP contribution < -0.4 is 14.8 Å². The number of hydrogen-bond donors (Lipinski definition) is 1. The van der Waals surface area contributed by atoms with Crippen LogP contribution in [0.4, 0.5) is 10.5 Å². The lowest BCUT2D eigenvalue weighted by Gasteiger charge is -2.26. The van der Waals surface area contributed by atoms with Crippen LogP contribution in [0.5, 0.6) is 11.5 Å². The molecule has 5 rings (SSSR count). The smallest absolute Gasteiger partial charge is 0.322 e. The van der Waals surface area contributed by atoms with Crippen molar-refractivity contribution in [1.29, 1.82) is 0 Å². The van der Waals surface area contributed by atoms with Gasteiger partial charge >= 0.3 is 6.03 Å². The van der Waals surface area contributed by atoms with Crippen LogP contribution in [0.2, 0.25) is 5.02 Å². The minimum Gasteiger partial charge on any atom is -0.497 e. The maximum Gasteiger partial charge on any atom is 0.322 e. The van der Waals surface area contributed by atoms with Gasteiger partial charge in [0.05, 0.1) is 26.5 Å². The average Bonchev–Trinajstić information content (AvgIpc) is 3.36. The van der Waals surface area contributed by atoms with Gasteiger partial charge in [0.1, 0.15) is 11.5 Å². The number of carbonyl (C=O) groups is 1. The van der Waals surface area contributed by atoms with Crippen LogP contribution >= 0.6 is 22.9 Å². The molecule has 1 N–H and O–H groups in total. The van der Waals surface area contributed by atoms with E-state index in [0.717, 1.165) is 21.1 Å². The van der Waals surface area contributed by atoms with Gasteiger partial charge in [-0.15, -0.1) is 5.10 Å². The molecule has 4 aromatic rings. The lowest BCUT2D eigenvalue weighted by Crippen LogP contribution is -2.38. The lowest BCUT2D eigenvalue weighted by molar-refractivity contribution is 0.206. The highest BCUT2D eigenvalue weighted by Gasteiger charge is 2.26. The fraction of sp³-hybridized carbons (Fsp3) is 0.227. The minimum absolute atomic E-state index is 0.174. The van der Waals surface area contributed by atoms with E-state index in [9.17, 15) is 4.79 Å². The molecule has 0 bridgehead atoms. The molecule has 2 aromatic carbocycles. The molecular formula is C22H20ClN5O3S. The quantitative estimate of drug-likeness (QED) is 0.467. The van der Waals surface area contributed by atoms with Gasteiger partial charge in [-0.25, -0.2) is 9.31 Å². The Labute approximate surface area is 193 Å². The first-order valence-corrected chi connectivity index (χ1v) is 11.2. The highest BCUT2D eigenvalue weighted by atomic mass is 35.5. The van der Waals surface area contributed by atoms with Crippen molar-refractivity contribution < 1.29 is 14.3 Å². The third kappa shape index (κ3) is 3.85. The van der Waals surface area contributed by atoms with Crippen molar-refractivity contribution >= 4 is 39.6 Å². The molecule has 164 valence electrons. The van der Waals surface area contributed by atoms with E-state index in [0.29, 0.717) is 47.5 Å². The summed E-state index contributed by atoms with van der Waals surface area (Å²) >= 11 is 7.54. The molecule has 1 aliphatic rings. The summed E-state index contributed by atoms with van der Waals surface area (Å²) in [6.45, 7) is 1.09. The Morgan fingerprint density at radius 1 is 1.12 bits per heavy atom. The number of aromatic nitrogens is 3. The Morgan fingerprint density at radius 2 is 1.84 bits per heavy atom. The molecule has 0 radical (unpaired) electrons. The van der Waals surface area contributed by atoms with E-state index in [4.69, 9.17) is 21.1 Å². The Bertz CT molecular complexity index is 1280. The Balaban J connectivity index is 1.34. The zero-order valence-electron chi connectivity index (χ0n) is 17.5. The number of benzene rings is 2. The predicted octanol–water partition coefficient (Wildman–Crippen LogP) is 4.72. The van der Waals surface area contributed by atoms with Crippen molar-refractivity contribution in [3.05, 3.63) is 58.1 Å². The molecule has 0 fully saturated rings. The van der Waals surface area contributed by atoms with E-state index in [-0.39, 0.29) is 6.03 Å². The monoisotopic (exact) mass is 469 g/mol. The summed E-state index contributed by atoms with van der Waals surface area (Å²) in [5, 5.41) is 8.30. The first-order chi connectivity index (χ1) is 15.5. The maximum atomic E-state index is 12.9. The number of methoxy groups -OCH3 is 2. The Hall–Kier alpha value is -3.30. The van der Waals surface area contributed by atoms with Gasteiger partial charge in [0.2, 0.25) is 4.96 Å². The molecule has 2 amide bonds. The molecule has 0 spiro atoms. The first-order valence-electron chi connectivity index (χ1n) is 9.96. The number of hydrogen-bond acceptors (Lipinski definition) is 6. The van der Waals surface area contributed by atoms with Gasteiger partial charge in [-0.05, 0) is 24.3 Å². The summed E-state index contributed by atoms with van der Waals surface area (Å²) in [6.07, 6.45) is 0.702. The van der Waals surface area contributed by atoms with Crippen LogP contribution in [0, 0.1) is 0 Å². The zero-order chi connectivity index (χ0) is 22.2. The highest BCUT2D eigenvalue weighted by molar-refractivity contribution is 7.17.